The summed E-state index contributed by atoms with van der Waals surface area (Å²) in [6, 6.07) is -0.631. The third-order valence-corrected chi connectivity index (χ3v) is 14.9. The Morgan fingerprint density at radius 3 is 1.01 bits per heavy atom. The highest BCUT2D eigenvalue weighted by Gasteiger charge is 2.18. The Hall–Kier alpha value is -1.92. The van der Waals surface area contributed by atoms with E-state index in [2.05, 4.69) is 43.5 Å². The molecule has 72 heavy (non-hydrogen) atoms. The van der Waals surface area contributed by atoms with Crippen LogP contribution in [0, 0.1) is 0 Å². The lowest BCUT2D eigenvalue weighted by molar-refractivity contribution is -0.143. The van der Waals surface area contributed by atoms with Crippen molar-refractivity contribution < 1.29 is 24.5 Å². The monoisotopic (exact) mass is 1010 g/mol. The first-order chi connectivity index (χ1) is 35.5. The number of nitrogens with one attached hydrogen (secondary N) is 1. The molecule has 0 aliphatic heterocycles. The van der Waals surface area contributed by atoms with Crippen molar-refractivity contribution >= 4 is 11.9 Å². The second-order valence-corrected chi connectivity index (χ2v) is 22.1. The minimum Gasteiger partial charge on any atom is -0.466 e. The van der Waals surface area contributed by atoms with E-state index >= 15 is 0 Å². The molecule has 0 fully saturated rings. The lowest BCUT2D eigenvalue weighted by Gasteiger charge is -2.20. The lowest BCUT2D eigenvalue weighted by Crippen LogP contribution is -2.45. The van der Waals surface area contributed by atoms with E-state index in [4.69, 9.17) is 4.74 Å². The highest BCUT2D eigenvalue weighted by molar-refractivity contribution is 5.76. The molecule has 424 valence electrons. The van der Waals surface area contributed by atoms with E-state index in [1.54, 1.807) is 6.08 Å². The number of esters is 1. The normalized spacial score (nSPS) is 12.8. The average molecular weight is 1010 g/mol. The molecule has 0 rings (SSSR count). The van der Waals surface area contributed by atoms with Gasteiger partial charge in [-0.3, -0.25) is 9.59 Å². The zero-order valence-electron chi connectivity index (χ0n) is 48.4. The molecule has 0 aliphatic carbocycles. The number of hydrogen-bond donors (Lipinski definition) is 3. The summed E-state index contributed by atoms with van der Waals surface area (Å²) >= 11 is 0. The van der Waals surface area contributed by atoms with Crippen LogP contribution in [0.3, 0.4) is 0 Å². The van der Waals surface area contributed by atoms with Crippen molar-refractivity contribution in [3.8, 4) is 0 Å². The van der Waals surface area contributed by atoms with Gasteiger partial charge < -0.3 is 20.3 Å². The number of allylic oxidation sites excluding steroid dienone is 5. The standard InChI is InChI=1S/C66H125NO5/c1-3-5-7-9-11-13-15-17-18-19-29-32-35-38-42-46-50-54-58-64(69)63(62-68)67-65(70)59-55-51-47-43-39-36-33-30-27-25-23-21-20-22-24-26-28-31-34-37-41-45-49-53-57-61-72-66(71)60-56-52-48-44-40-16-14-12-10-8-6-4-2/h12,14,21,23,54,58,63-64,68-69H,3-11,13,15-20,22,24-53,55-57,59-62H2,1-2H3,(H,67,70)/b14-12-,23-21-,58-54+. The Morgan fingerprint density at radius 1 is 0.375 bits per heavy atom. The van der Waals surface area contributed by atoms with Crippen LogP contribution in [0.4, 0.5) is 0 Å². The number of ether oxygens (including phenoxy) is 1. The Bertz CT molecular complexity index is 1170. The molecule has 0 spiro atoms. The summed E-state index contributed by atoms with van der Waals surface area (Å²) in [5, 5.41) is 23.2. The Kier molecular flexibility index (Phi) is 60.0. The molecule has 0 saturated carbocycles. The molecule has 2 atom stereocenters. The number of carbonyl (C=O) groups excluding carboxylic acids is 2. The smallest absolute Gasteiger partial charge is 0.305 e. The molecule has 0 saturated heterocycles. The summed E-state index contributed by atoms with van der Waals surface area (Å²) in [5.74, 6) is -0.0659. The van der Waals surface area contributed by atoms with E-state index in [-0.39, 0.29) is 18.5 Å². The van der Waals surface area contributed by atoms with Gasteiger partial charge in [-0.1, -0.05) is 288 Å². The molecule has 0 aromatic heterocycles. The molecule has 0 radical (unpaired) electrons. The van der Waals surface area contributed by atoms with Crippen molar-refractivity contribution in [2.75, 3.05) is 13.2 Å². The minimum atomic E-state index is -0.847. The van der Waals surface area contributed by atoms with Crippen LogP contribution >= 0.6 is 0 Å². The van der Waals surface area contributed by atoms with Crippen molar-refractivity contribution in [2.45, 2.75) is 360 Å². The van der Waals surface area contributed by atoms with Crippen LogP contribution in [-0.2, 0) is 14.3 Å². The third kappa shape index (κ3) is 57.4. The van der Waals surface area contributed by atoms with Gasteiger partial charge in [-0.2, -0.15) is 0 Å². The average Bonchev–Trinajstić information content (AvgIpc) is 3.38. The summed E-state index contributed by atoms with van der Waals surface area (Å²) < 4.78 is 5.47. The second kappa shape index (κ2) is 61.6. The molecule has 3 N–H and O–H groups in total. The molecule has 0 bridgehead atoms. The van der Waals surface area contributed by atoms with Gasteiger partial charge in [0.05, 0.1) is 25.4 Å². The molecular formula is C66H125NO5. The van der Waals surface area contributed by atoms with E-state index in [1.807, 2.05) is 6.08 Å². The maximum Gasteiger partial charge on any atom is 0.305 e. The predicted octanol–water partition coefficient (Wildman–Crippen LogP) is 20.4. The van der Waals surface area contributed by atoms with E-state index in [1.165, 1.54) is 276 Å². The van der Waals surface area contributed by atoms with E-state index in [0.717, 1.165) is 44.9 Å². The number of unbranched alkanes of at least 4 members (excludes halogenated alkanes) is 45. The van der Waals surface area contributed by atoms with Gasteiger partial charge in [0.1, 0.15) is 0 Å². The van der Waals surface area contributed by atoms with E-state index in [0.29, 0.717) is 19.4 Å². The first-order valence-electron chi connectivity index (χ1n) is 32.3. The van der Waals surface area contributed by atoms with Gasteiger partial charge in [-0.25, -0.2) is 0 Å². The molecule has 0 aliphatic rings. The lowest BCUT2D eigenvalue weighted by atomic mass is 10.0. The molecule has 6 nitrogen and oxygen atoms in total. The maximum absolute atomic E-state index is 12.5. The summed E-state index contributed by atoms with van der Waals surface area (Å²) in [4.78, 5) is 24.5. The molecule has 2 unspecified atom stereocenters. The highest BCUT2D eigenvalue weighted by atomic mass is 16.5. The largest absolute Gasteiger partial charge is 0.466 e. The Balaban J connectivity index is 3.43. The Labute approximate surface area is 449 Å². The Morgan fingerprint density at radius 2 is 0.653 bits per heavy atom. The first kappa shape index (κ1) is 70.1. The van der Waals surface area contributed by atoms with Crippen LogP contribution in [0.5, 0.6) is 0 Å². The summed E-state index contributed by atoms with van der Waals surface area (Å²) in [5.41, 5.74) is 0. The minimum absolute atomic E-state index is 0.00296. The third-order valence-electron chi connectivity index (χ3n) is 14.9. The molecule has 0 aromatic carbocycles. The van der Waals surface area contributed by atoms with Crippen LogP contribution in [-0.4, -0.2) is 47.4 Å². The SMILES string of the molecule is CCCCC/C=C\CCCCCCCC(=O)OCCCCCCCCCCCCCC/C=C\CCCCCCCCCCCC(=O)NC(CO)C(O)/C=C/CCCCCCCCCCCCCCCCCC. The van der Waals surface area contributed by atoms with Gasteiger partial charge in [-0.05, 0) is 83.5 Å². The van der Waals surface area contributed by atoms with Gasteiger partial charge in [0, 0.05) is 12.8 Å². The predicted molar refractivity (Wildman–Crippen MR) is 315 cm³/mol. The second-order valence-electron chi connectivity index (χ2n) is 22.1. The number of hydrogen-bond acceptors (Lipinski definition) is 5. The van der Waals surface area contributed by atoms with Gasteiger partial charge >= 0.3 is 5.97 Å². The molecular weight excluding hydrogens is 887 g/mol. The fourth-order valence-corrected chi connectivity index (χ4v) is 9.92. The fraction of sp³-hybridized carbons (Fsp3) is 0.879. The van der Waals surface area contributed by atoms with Gasteiger partial charge in [0.15, 0.2) is 0 Å². The topological polar surface area (TPSA) is 95.9 Å². The van der Waals surface area contributed by atoms with Crippen LogP contribution in [0.1, 0.15) is 348 Å². The van der Waals surface area contributed by atoms with Crippen LogP contribution in [0.2, 0.25) is 0 Å². The summed E-state index contributed by atoms with van der Waals surface area (Å²) in [6.07, 6.45) is 77.7. The number of aliphatic hydroxyl groups excluding tert-OH is 2. The summed E-state index contributed by atoms with van der Waals surface area (Å²) in [7, 11) is 0. The molecule has 1 amide bonds. The van der Waals surface area contributed by atoms with Gasteiger partial charge in [0.25, 0.3) is 0 Å². The van der Waals surface area contributed by atoms with Crippen LogP contribution in [0.15, 0.2) is 36.5 Å². The first-order valence-corrected chi connectivity index (χ1v) is 32.3. The molecule has 0 aromatic rings. The van der Waals surface area contributed by atoms with Crippen molar-refractivity contribution in [1.82, 2.24) is 5.32 Å². The van der Waals surface area contributed by atoms with Gasteiger partial charge in [0.2, 0.25) is 5.91 Å². The quantitative estimate of drug-likeness (QED) is 0.0320. The number of aliphatic hydroxyl groups is 2. The van der Waals surface area contributed by atoms with Crippen LogP contribution in [0.25, 0.3) is 0 Å². The number of carbonyl (C=O) groups is 2. The maximum atomic E-state index is 12.5. The van der Waals surface area contributed by atoms with E-state index in [9.17, 15) is 19.8 Å². The van der Waals surface area contributed by atoms with Crippen LogP contribution < -0.4 is 5.32 Å². The van der Waals surface area contributed by atoms with Crippen molar-refractivity contribution in [3.63, 3.8) is 0 Å². The van der Waals surface area contributed by atoms with Crippen molar-refractivity contribution in [1.29, 1.82) is 0 Å². The number of rotatable bonds is 60. The highest BCUT2D eigenvalue weighted by Crippen LogP contribution is 2.17. The fourth-order valence-electron chi connectivity index (χ4n) is 9.92. The zero-order chi connectivity index (χ0) is 52.2. The van der Waals surface area contributed by atoms with Crippen molar-refractivity contribution in [3.05, 3.63) is 36.5 Å². The molecule has 0 heterocycles. The summed E-state index contributed by atoms with van der Waals surface area (Å²) in [6.45, 7) is 4.90. The van der Waals surface area contributed by atoms with E-state index < -0.39 is 12.1 Å². The van der Waals surface area contributed by atoms with Crippen molar-refractivity contribution in [2.24, 2.45) is 0 Å². The zero-order valence-corrected chi connectivity index (χ0v) is 48.4. The van der Waals surface area contributed by atoms with Gasteiger partial charge in [-0.15, -0.1) is 0 Å². The number of amides is 1. The molecule has 6 heteroatoms.